The van der Waals surface area contributed by atoms with Crippen molar-refractivity contribution in [3.8, 4) is 0 Å². The van der Waals surface area contributed by atoms with Crippen molar-refractivity contribution in [2.45, 2.75) is 83.5 Å². The first-order valence-electron chi connectivity index (χ1n) is 9.89. The fraction of sp³-hybridized carbons (Fsp3) is 0.857. The molecular weight excluding hydrogens is 300 g/mol. The van der Waals surface area contributed by atoms with Crippen molar-refractivity contribution in [2.24, 2.45) is 28.6 Å². The van der Waals surface area contributed by atoms with Gasteiger partial charge in [0.05, 0.1) is 12.2 Å². The Morgan fingerprint density at radius 3 is 2.79 bits per heavy atom. The van der Waals surface area contributed by atoms with Gasteiger partial charge in [-0.25, -0.2) is 0 Å². The highest BCUT2D eigenvalue weighted by Gasteiger charge is 2.79. The van der Waals surface area contributed by atoms with Gasteiger partial charge in [-0.1, -0.05) is 25.5 Å². The minimum atomic E-state index is -0.448. The second-order valence-electron chi connectivity index (χ2n) is 9.75. The molecule has 8 atom stereocenters. The molecule has 0 aromatic carbocycles. The van der Waals surface area contributed by atoms with E-state index in [2.05, 4.69) is 19.9 Å². The number of allylic oxidation sites excluding steroid dienone is 1. The fourth-order valence-electron chi connectivity index (χ4n) is 7.71. The zero-order chi connectivity index (χ0) is 16.9. The van der Waals surface area contributed by atoms with Gasteiger partial charge in [-0.3, -0.25) is 4.79 Å². The lowest BCUT2D eigenvalue weighted by atomic mass is 9.47. The van der Waals surface area contributed by atoms with Gasteiger partial charge in [0.1, 0.15) is 0 Å². The second-order valence-corrected chi connectivity index (χ2v) is 9.75. The fourth-order valence-corrected chi connectivity index (χ4v) is 7.71. The number of ether oxygens (including phenoxy) is 1. The second kappa shape index (κ2) is 4.54. The lowest BCUT2D eigenvalue weighted by Gasteiger charge is -2.58. The van der Waals surface area contributed by atoms with Crippen molar-refractivity contribution >= 4 is 5.78 Å². The monoisotopic (exact) mass is 330 g/mol. The van der Waals surface area contributed by atoms with E-state index in [1.54, 1.807) is 6.92 Å². The number of ketones is 1. The molecule has 1 heterocycles. The predicted octanol–water partition coefficient (Wildman–Crippen LogP) is 3.65. The van der Waals surface area contributed by atoms with Crippen LogP contribution in [0.4, 0.5) is 0 Å². The Hall–Kier alpha value is -0.670. The van der Waals surface area contributed by atoms with Crippen LogP contribution in [0, 0.1) is 28.6 Å². The number of hydrogen-bond donors (Lipinski definition) is 1. The molecule has 4 aliphatic carbocycles. The van der Waals surface area contributed by atoms with Crippen LogP contribution >= 0.6 is 0 Å². The molecule has 1 N–H and O–H groups in total. The van der Waals surface area contributed by atoms with Gasteiger partial charge in [-0.05, 0) is 75.0 Å². The van der Waals surface area contributed by atoms with Gasteiger partial charge < -0.3 is 9.84 Å². The van der Waals surface area contributed by atoms with Crippen LogP contribution < -0.4 is 0 Å². The zero-order valence-corrected chi connectivity index (χ0v) is 15.2. The van der Waals surface area contributed by atoms with E-state index in [1.165, 1.54) is 12.0 Å². The topological polar surface area (TPSA) is 49.8 Å². The molecule has 5 rings (SSSR count). The smallest absolute Gasteiger partial charge is 0.164 e. The van der Waals surface area contributed by atoms with Crippen LogP contribution in [0.5, 0.6) is 0 Å². The standard InChI is InChI=1S/C21H30O3/c1-12(22)21-18(24-21)11-17-15-5-4-13-10-14(23)6-8-19(13,2)16(15)7-9-20(17,21)3/h4,14-18,23H,5-11H2,1-3H3/t14?,15?,16?,17?,18-,19?,20?,21-/m1/s1. The van der Waals surface area contributed by atoms with Crippen molar-refractivity contribution in [3.05, 3.63) is 11.6 Å². The van der Waals surface area contributed by atoms with E-state index in [4.69, 9.17) is 4.74 Å². The van der Waals surface area contributed by atoms with Crippen molar-refractivity contribution in [2.75, 3.05) is 0 Å². The summed E-state index contributed by atoms with van der Waals surface area (Å²) in [6.45, 7) is 6.54. The first-order chi connectivity index (χ1) is 11.3. The molecule has 0 aromatic heterocycles. The predicted molar refractivity (Wildman–Crippen MR) is 91.4 cm³/mol. The van der Waals surface area contributed by atoms with Crippen LogP contribution in [0.2, 0.25) is 0 Å². The number of hydrogen-bond acceptors (Lipinski definition) is 3. The van der Waals surface area contributed by atoms with Crippen LogP contribution in [0.3, 0.4) is 0 Å². The molecular formula is C21H30O3. The summed E-state index contributed by atoms with van der Waals surface area (Å²) >= 11 is 0. The molecule has 3 nitrogen and oxygen atoms in total. The Morgan fingerprint density at radius 2 is 2.04 bits per heavy atom. The number of carbonyl (C=O) groups excluding carboxylic acids is 1. The largest absolute Gasteiger partial charge is 0.393 e. The Bertz CT molecular complexity index is 639. The van der Waals surface area contributed by atoms with E-state index in [1.807, 2.05) is 0 Å². The molecule has 132 valence electrons. The molecule has 0 bridgehead atoms. The molecule has 1 aliphatic heterocycles. The summed E-state index contributed by atoms with van der Waals surface area (Å²) in [6, 6.07) is 0. The normalized spacial score (nSPS) is 58.0. The van der Waals surface area contributed by atoms with Gasteiger partial charge in [0, 0.05) is 5.41 Å². The third-order valence-corrected chi connectivity index (χ3v) is 9.03. The summed E-state index contributed by atoms with van der Waals surface area (Å²) in [7, 11) is 0. The molecule has 0 aromatic rings. The summed E-state index contributed by atoms with van der Waals surface area (Å²) in [5.41, 5.74) is 1.39. The van der Waals surface area contributed by atoms with Crippen LogP contribution in [0.15, 0.2) is 11.6 Å². The van der Waals surface area contributed by atoms with Crippen molar-refractivity contribution in [3.63, 3.8) is 0 Å². The van der Waals surface area contributed by atoms with Crippen molar-refractivity contribution in [1.29, 1.82) is 0 Å². The number of aliphatic hydroxyl groups excluding tert-OH is 1. The molecule has 4 fully saturated rings. The van der Waals surface area contributed by atoms with Crippen molar-refractivity contribution in [1.82, 2.24) is 0 Å². The summed E-state index contributed by atoms with van der Waals surface area (Å²) in [6.07, 6.45) is 10.0. The maximum absolute atomic E-state index is 12.4. The third kappa shape index (κ3) is 1.60. The lowest BCUT2D eigenvalue weighted by Crippen LogP contribution is -2.54. The summed E-state index contributed by atoms with van der Waals surface area (Å²) in [5, 5.41) is 10.1. The number of fused-ring (bicyclic) bond motifs is 7. The summed E-state index contributed by atoms with van der Waals surface area (Å²) in [5.74, 6) is 2.31. The number of carbonyl (C=O) groups is 1. The molecule has 3 saturated carbocycles. The van der Waals surface area contributed by atoms with Gasteiger partial charge in [0.2, 0.25) is 0 Å². The first-order valence-corrected chi connectivity index (χ1v) is 9.89. The SMILES string of the molecule is CC(=O)[C@@]12O[C@@H]1CC1C3CC=C4CC(O)CCC4(C)C3CCC12C. The Kier molecular flexibility index (Phi) is 2.94. The van der Waals surface area contributed by atoms with Crippen LogP contribution in [-0.2, 0) is 9.53 Å². The minimum Gasteiger partial charge on any atom is -0.393 e. The molecule has 0 amide bonds. The maximum Gasteiger partial charge on any atom is 0.164 e. The highest BCUT2D eigenvalue weighted by molar-refractivity contribution is 5.90. The van der Waals surface area contributed by atoms with Crippen molar-refractivity contribution < 1.29 is 14.6 Å². The average molecular weight is 330 g/mol. The van der Waals surface area contributed by atoms with E-state index in [-0.39, 0.29) is 28.8 Å². The Balaban J connectivity index is 1.51. The minimum absolute atomic E-state index is 0.0422. The van der Waals surface area contributed by atoms with Crippen LogP contribution in [0.1, 0.15) is 65.7 Å². The van der Waals surface area contributed by atoms with Gasteiger partial charge in [-0.15, -0.1) is 0 Å². The van der Waals surface area contributed by atoms with Crippen LogP contribution in [-0.4, -0.2) is 28.7 Å². The number of rotatable bonds is 1. The van der Waals surface area contributed by atoms with E-state index < -0.39 is 5.60 Å². The maximum atomic E-state index is 12.4. The highest BCUT2D eigenvalue weighted by Crippen LogP contribution is 2.73. The first kappa shape index (κ1) is 15.6. The van der Waals surface area contributed by atoms with E-state index >= 15 is 0 Å². The molecule has 1 saturated heterocycles. The molecule has 24 heavy (non-hydrogen) atoms. The molecule has 3 heteroatoms. The Labute approximate surface area is 144 Å². The molecule has 6 unspecified atom stereocenters. The third-order valence-electron chi connectivity index (χ3n) is 9.03. The van der Waals surface area contributed by atoms with Crippen LogP contribution in [0.25, 0.3) is 0 Å². The Morgan fingerprint density at radius 1 is 1.25 bits per heavy atom. The summed E-state index contributed by atoms with van der Waals surface area (Å²) < 4.78 is 6.00. The molecule has 5 aliphatic rings. The lowest BCUT2D eigenvalue weighted by molar-refractivity contribution is -0.135. The molecule has 0 radical (unpaired) electrons. The van der Waals surface area contributed by atoms with Gasteiger partial charge in [0.15, 0.2) is 11.4 Å². The van der Waals surface area contributed by atoms with Gasteiger partial charge in [-0.2, -0.15) is 0 Å². The zero-order valence-electron chi connectivity index (χ0n) is 15.2. The summed E-state index contributed by atoms with van der Waals surface area (Å²) in [4.78, 5) is 12.4. The van der Waals surface area contributed by atoms with E-state index in [0.29, 0.717) is 11.8 Å². The average Bonchev–Trinajstić information content (AvgIpc) is 3.21. The van der Waals surface area contributed by atoms with E-state index in [0.717, 1.165) is 44.4 Å². The highest BCUT2D eigenvalue weighted by atomic mass is 16.6. The quantitative estimate of drug-likeness (QED) is 0.590. The van der Waals surface area contributed by atoms with Gasteiger partial charge in [0.25, 0.3) is 0 Å². The molecule has 0 spiro atoms. The number of aliphatic hydroxyl groups is 1. The van der Waals surface area contributed by atoms with Gasteiger partial charge >= 0.3 is 0 Å². The van der Waals surface area contributed by atoms with E-state index in [9.17, 15) is 9.90 Å². The number of Topliss-reactive ketones (excluding diaryl/α,β-unsaturated/α-hetero) is 1. The number of epoxide rings is 1.